The van der Waals surface area contributed by atoms with Gasteiger partial charge in [0, 0.05) is 21.6 Å². The fourth-order valence-corrected chi connectivity index (χ4v) is 3.74. The van der Waals surface area contributed by atoms with Crippen molar-refractivity contribution in [1.82, 2.24) is 4.98 Å². The third kappa shape index (κ3) is 4.18. The number of fused-ring (bicyclic) bond motifs is 1. The minimum Gasteiger partial charge on any atom is -0.328 e. The van der Waals surface area contributed by atoms with Gasteiger partial charge in [-0.25, -0.2) is 0 Å². The number of benzene rings is 1. The maximum Gasteiger partial charge on any atom is 0.335 e. The molecule has 0 spiro atoms. The predicted molar refractivity (Wildman–Crippen MR) is 87.9 cm³/mol. The van der Waals surface area contributed by atoms with E-state index >= 15 is 0 Å². The maximum atomic E-state index is 11.9. The number of hydrogen-bond acceptors (Lipinski definition) is 4. The van der Waals surface area contributed by atoms with Crippen molar-refractivity contribution in [3.8, 4) is 0 Å². The molecule has 0 bridgehead atoms. The lowest BCUT2D eigenvalue weighted by Crippen LogP contribution is -2.19. The summed E-state index contributed by atoms with van der Waals surface area (Å²) in [4.78, 5) is 17.2. The van der Waals surface area contributed by atoms with Crippen molar-refractivity contribution < 1.29 is 8.42 Å². The van der Waals surface area contributed by atoms with Crippen LogP contribution in [0.3, 0.4) is 0 Å². The Hall–Kier alpha value is -1.66. The van der Waals surface area contributed by atoms with Crippen LogP contribution in [0.5, 0.6) is 0 Å². The Morgan fingerprint density at radius 2 is 1.77 bits per heavy atom. The third-order valence-corrected chi connectivity index (χ3v) is 4.66. The molecule has 1 heterocycles. The highest BCUT2D eigenvalue weighted by Gasteiger charge is 2.17. The molecular weight excluding hydrogens is 318 g/mol. The Morgan fingerprint density at radius 1 is 1.09 bits per heavy atom. The average molecular weight is 335 g/mol. The molecule has 0 unspecified atom stereocenters. The summed E-state index contributed by atoms with van der Waals surface area (Å²) in [5, 5.41) is 0. The lowest BCUT2D eigenvalue weighted by molar-refractivity contribution is 0.630. The number of pyridine rings is 1. The van der Waals surface area contributed by atoms with Gasteiger partial charge in [0.1, 0.15) is 0 Å². The molecule has 116 valence electrons. The Morgan fingerprint density at radius 3 is 2.45 bits per heavy atom. The van der Waals surface area contributed by atoms with Crippen molar-refractivity contribution in [1.29, 1.82) is 0 Å². The molecule has 1 aromatic heterocycles. The van der Waals surface area contributed by atoms with Gasteiger partial charge in [0.15, 0.2) is 0 Å². The van der Waals surface area contributed by atoms with Crippen molar-refractivity contribution in [2.45, 2.75) is 42.4 Å². The van der Waals surface area contributed by atoms with Gasteiger partial charge in [-0.2, -0.15) is 8.42 Å². The van der Waals surface area contributed by atoms with Crippen LogP contribution in [0, 0.1) is 6.92 Å². The van der Waals surface area contributed by atoms with E-state index in [2.05, 4.69) is 36.2 Å². The highest BCUT2D eigenvalue weighted by molar-refractivity contribution is 7.99. The topological polar surface area (TPSA) is 67.0 Å². The van der Waals surface area contributed by atoms with E-state index in [1.807, 2.05) is 6.20 Å². The van der Waals surface area contributed by atoms with Crippen LogP contribution in [0.1, 0.15) is 29.5 Å². The predicted octanol–water partition coefficient (Wildman–Crippen LogP) is 3.04. The number of aromatic nitrogens is 1. The first kappa shape index (κ1) is 16.7. The first-order valence-electron chi connectivity index (χ1n) is 7.05. The van der Waals surface area contributed by atoms with Gasteiger partial charge in [0.25, 0.3) is 5.56 Å². The molecule has 0 saturated heterocycles. The van der Waals surface area contributed by atoms with Crippen LogP contribution in [-0.2, 0) is 24.4 Å². The van der Waals surface area contributed by atoms with E-state index in [0.29, 0.717) is 0 Å². The van der Waals surface area contributed by atoms with E-state index in [1.165, 1.54) is 27.3 Å². The Balaban J connectivity index is 0.000000545. The number of hydrogen-bond donors (Lipinski definition) is 1. The van der Waals surface area contributed by atoms with E-state index < -0.39 is 11.6 Å². The van der Waals surface area contributed by atoms with Gasteiger partial charge in [-0.15, -0.1) is 0 Å². The molecule has 22 heavy (non-hydrogen) atoms. The molecule has 4 nitrogen and oxygen atoms in total. The highest BCUT2D eigenvalue weighted by Crippen LogP contribution is 2.33. The lowest BCUT2D eigenvalue weighted by Gasteiger charge is -2.17. The molecule has 0 amide bonds. The zero-order valence-corrected chi connectivity index (χ0v) is 13.9. The molecule has 6 heteroatoms. The molecule has 0 saturated carbocycles. The Kier molecular flexibility index (Phi) is 6.15. The standard InChI is InChI=1S/C16H17NOS.O2S/c1-11-5-4-6-12(9-11)19-15-10-17-16(18)14-8-3-2-7-13(14)15;1-3-2/h4-6,9-10H,2-3,7-8H2,1H3,(H,17,18);. The van der Waals surface area contributed by atoms with Gasteiger partial charge in [0.05, 0.1) is 0 Å². The molecular formula is C16H17NO3S2. The van der Waals surface area contributed by atoms with Crippen molar-refractivity contribution >= 4 is 23.3 Å². The monoisotopic (exact) mass is 335 g/mol. The van der Waals surface area contributed by atoms with Gasteiger partial charge < -0.3 is 4.98 Å². The minimum absolute atomic E-state index is 0.100. The molecule has 0 aliphatic heterocycles. The molecule has 2 aromatic rings. The Labute approximate surface area is 137 Å². The van der Waals surface area contributed by atoms with E-state index in [-0.39, 0.29) is 5.56 Å². The van der Waals surface area contributed by atoms with Crippen LogP contribution in [-0.4, -0.2) is 13.4 Å². The van der Waals surface area contributed by atoms with Crippen LogP contribution in [0.25, 0.3) is 0 Å². The second-order valence-corrected chi connectivity index (χ2v) is 6.38. The van der Waals surface area contributed by atoms with Gasteiger partial charge in [-0.3, -0.25) is 4.79 Å². The normalized spacial score (nSPS) is 12.8. The summed E-state index contributed by atoms with van der Waals surface area (Å²) in [6.45, 7) is 2.10. The first-order valence-corrected chi connectivity index (χ1v) is 8.53. The third-order valence-electron chi connectivity index (χ3n) is 3.59. The fourth-order valence-electron chi connectivity index (χ4n) is 2.63. The molecule has 0 atom stereocenters. The van der Waals surface area contributed by atoms with Crippen LogP contribution >= 0.6 is 11.8 Å². The van der Waals surface area contributed by atoms with Crippen molar-refractivity contribution in [2.24, 2.45) is 0 Å². The number of H-pyrrole nitrogens is 1. The average Bonchev–Trinajstić information content (AvgIpc) is 2.51. The van der Waals surface area contributed by atoms with Gasteiger partial charge in [-0.05, 0) is 50.3 Å². The lowest BCUT2D eigenvalue weighted by atomic mass is 9.93. The van der Waals surface area contributed by atoms with Crippen LogP contribution < -0.4 is 5.56 Å². The summed E-state index contributed by atoms with van der Waals surface area (Å²) in [5.41, 5.74) is 3.64. The first-order chi connectivity index (χ1) is 10.7. The second-order valence-electron chi connectivity index (χ2n) is 5.13. The number of nitrogens with one attached hydrogen (secondary N) is 1. The van der Waals surface area contributed by atoms with E-state index in [1.54, 1.807) is 11.8 Å². The summed E-state index contributed by atoms with van der Waals surface area (Å²) in [5.74, 6) is 0. The Bertz CT molecular complexity index is 749. The summed E-state index contributed by atoms with van der Waals surface area (Å²) in [7, 11) is 0. The number of aryl methyl sites for hydroxylation is 1. The molecule has 1 aromatic carbocycles. The zero-order valence-electron chi connectivity index (χ0n) is 12.3. The summed E-state index contributed by atoms with van der Waals surface area (Å²) < 4.78 is 16.6. The van der Waals surface area contributed by atoms with Gasteiger partial charge in [0.2, 0.25) is 0 Å². The summed E-state index contributed by atoms with van der Waals surface area (Å²) >= 11 is 1.00. The van der Waals surface area contributed by atoms with Crippen molar-refractivity contribution in [2.75, 3.05) is 0 Å². The summed E-state index contributed by atoms with van der Waals surface area (Å²) in [6.07, 6.45) is 6.16. The molecule has 1 N–H and O–H groups in total. The fraction of sp³-hybridized carbons (Fsp3) is 0.312. The van der Waals surface area contributed by atoms with Crippen LogP contribution in [0.2, 0.25) is 0 Å². The van der Waals surface area contributed by atoms with Gasteiger partial charge in [-0.1, -0.05) is 29.5 Å². The van der Waals surface area contributed by atoms with E-state index in [0.717, 1.165) is 24.8 Å². The quantitative estimate of drug-likeness (QED) is 0.916. The largest absolute Gasteiger partial charge is 0.335 e. The molecule has 0 fully saturated rings. The van der Waals surface area contributed by atoms with Crippen LogP contribution in [0.15, 0.2) is 45.0 Å². The van der Waals surface area contributed by atoms with Crippen molar-refractivity contribution in [3.63, 3.8) is 0 Å². The molecule has 1 aliphatic rings. The number of rotatable bonds is 2. The highest BCUT2D eigenvalue weighted by atomic mass is 32.2. The summed E-state index contributed by atoms with van der Waals surface area (Å²) in [6, 6.07) is 8.49. The number of aromatic amines is 1. The molecule has 1 aliphatic carbocycles. The zero-order chi connectivity index (χ0) is 15.9. The molecule has 0 radical (unpaired) electrons. The van der Waals surface area contributed by atoms with E-state index in [4.69, 9.17) is 8.42 Å². The van der Waals surface area contributed by atoms with E-state index in [9.17, 15) is 4.79 Å². The van der Waals surface area contributed by atoms with Gasteiger partial charge >= 0.3 is 11.6 Å². The SMILES string of the molecule is Cc1cccc(Sc2c[nH]c(=O)c3c2CCCC3)c1.O=S=O. The van der Waals surface area contributed by atoms with Crippen molar-refractivity contribution in [3.05, 3.63) is 57.5 Å². The smallest absolute Gasteiger partial charge is 0.328 e. The minimum atomic E-state index is -0.750. The molecule has 3 rings (SSSR count). The second kappa shape index (κ2) is 8.10. The maximum absolute atomic E-state index is 11.9. The van der Waals surface area contributed by atoms with Crippen LogP contribution in [0.4, 0.5) is 0 Å².